The van der Waals surface area contributed by atoms with E-state index in [9.17, 15) is 4.79 Å². The number of halogens is 1. The lowest BCUT2D eigenvalue weighted by molar-refractivity contribution is -0.116. The Balaban J connectivity index is 0.00000256. The molecule has 1 fully saturated rings. The summed E-state index contributed by atoms with van der Waals surface area (Å²) in [6, 6.07) is 18.6. The molecule has 1 aliphatic heterocycles. The molecule has 0 bridgehead atoms. The van der Waals surface area contributed by atoms with Crippen LogP contribution in [0.15, 0.2) is 64.5 Å². The Hall–Kier alpha value is -1.74. The number of aliphatic imine (C=N–C) groups is 1. The first-order chi connectivity index (χ1) is 14.2. The molecule has 0 radical (unpaired) electrons. The lowest BCUT2D eigenvalue weighted by atomic mass is 9.90. The fraction of sp³-hybridized carbons (Fsp3) is 0.391. The maximum atomic E-state index is 12.1. The number of anilines is 1. The van der Waals surface area contributed by atoms with Gasteiger partial charge in [-0.15, -0.1) is 35.7 Å². The van der Waals surface area contributed by atoms with Crippen molar-refractivity contribution in [3.63, 3.8) is 0 Å². The molecule has 1 aliphatic carbocycles. The van der Waals surface area contributed by atoms with Crippen molar-refractivity contribution in [1.82, 2.24) is 10.6 Å². The topological polar surface area (TPSA) is 65.5 Å². The summed E-state index contributed by atoms with van der Waals surface area (Å²) in [5, 5.41) is 9.78. The largest absolute Gasteiger partial charge is 0.357 e. The zero-order chi connectivity index (χ0) is 20.1. The Morgan fingerprint density at radius 2 is 1.87 bits per heavy atom. The minimum atomic E-state index is 0. The lowest BCUT2D eigenvalue weighted by Crippen LogP contribution is -2.41. The SMILES string of the molecule is CCNC(=NCC1(Sc2ccccc2)CC1)NCC1CC(=O)Nc2ccccc21.I. The molecule has 0 aromatic heterocycles. The van der Waals surface area contributed by atoms with Crippen LogP contribution in [0.25, 0.3) is 0 Å². The lowest BCUT2D eigenvalue weighted by Gasteiger charge is -2.26. The Morgan fingerprint density at radius 3 is 2.60 bits per heavy atom. The molecule has 30 heavy (non-hydrogen) atoms. The summed E-state index contributed by atoms with van der Waals surface area (Å²) in [7, 11) is 0. The van der Waals surface area contributed by atoms with Gasteiger partial charge in [0.25, 0.3) is 0 Å². The van der Waals surface area contributed by atoms with Gasteiger partial charge in [-0.2, -0.15) is 0 Å². The predicted molar refractivity (Wildman–Crippen MR) is 136 cm³/mol. The summed E-state index contributed by atoms with van der Waals surface area (Å²) in [5.41, 5.74) is 2.11. The van der Waals surface area contributed by atoms with Crippen molar-refractivity contribution < 1.29 is 4.79 Å². The van der Waals surface area contributed by atoms with Crippen LogP contribution in [-0.2, 0) is 4.79 Å². The quantitative estimate of drug-likeness (QED) is 0.275. The van der Waals surface area contributed by atoms with Crippen molar-refractivity contribution in [2.24, 2.45) is 4.99 Å². The molecule has 2 aromatic carbocycles. The number of nitrogens with one attached hydrogen (secondary N) is 3. The van der Waals surface area contributed by atoms with Crippen LogP contribution in [0.4, 0.5) is 5.69 Å². The summed E-state index contributed by atoms with van der Waals surface area (Å²) >= 11 is 1.94. The van der Waals surface area contributed by atoms with Crippen LogP contribution in [-0.4, -0.2) is 36.2 Å². The Labute approximate surface area is 199 Å². The highest BCUT2D eigenvalue weighted by Gasteiger charge is 2.43. The van der Waals surface area contributed by atoms with Crippen molar-refractivity contribution in [3.8, 4) is 0 Å². The third-order valence-electron chi connectivity index (χ3n) is 5.38. The van der Waals surface area contributed by atoms with E-state index in [1.165, 1.54) is 23.3 Å². The van der Waals surface area contributed by atoms with E-state index in [2.05, 4.69) is 59.3 Å². The standard InChI is InChI=1S/C23H28N4OS.HI/c1-2-24-22(26-16-23(12-13-23)29-18-8-4-3-5-9-18)25-15-17-14-21(28)27-20-11-7-6-10-19(17)20;/h3-11,17H,2,12-16H2,1H3,(H,27,28)(H2,24,25,26);1H. The number of thioether (sulfide) groups is 1. The summed E-state index contributed by atoms with van der Waals surface area (Å²) < 4.78 is 0.223. The molecule has 2 aromatic rings. The third kappa shape index (κ3) is 5.91. The number of hydrogen-bond acceptors (Lipinski definition) is 3. The van der Waals surface area contributed by atoms with E-state index in [4.69, 9.17) is 4.99 Å². The van der Waals surface area contributed by atoms with E-state index in [0.717, 1.165) is 24.7 Å². The van der Waals surface area contributed by atoms with Gasteiger partial charge in [-0.1, -0.05) is 36.4 Å². The number of para-hydroxylation sites is 1. The Morgan fingerprint density at radius 1 is 1.13 bits per heavy atom. The van der Waals surface area contributed by atoms with Gasteiger partial charge in [0.2, 0.25) is 5.91 Å². The Kier molecular flexibility index (Phi) is 8.05. The van der Waals surface area contributed by atoms with E-state index >= 15 is 0 Å². The van der Waals surface area contributed by atoms with E-state index in [1.54, 1.807) is 0 Å². The van der Waals surface area contributed by atoms with Gasteiger partial charge in [0.15, 0.2) is 5.96 Å². The molecule has 7 heteroatoms. The zero-order valence-corrected chi connectivity index (χ0v) is 20.3. The zero-order valence-electron chi connectivity index (χ0n) is 17.2. The second-order valence-corrected chi connectivity index (χ2v) is 9.25. The molecule has 0 spiro atoms. The molecular formula is C23H29IN4OS. The van der Waals surface area contributed by atoms with Gasteiger partial charge in [0.05, 0.1) is 6.54 Å². The highest BCUT2D eigenvalue weighted by atomic mass is 127. The molecule has 2 aliphatic rings. The van der Waals surface area contributed by atoms with E-state index in [0.29, 0.717) is 13.0 Å². The van der Waals surface area contributed by atoms with Crippen LogP contribution >= 0.6 is 35.7 Å². The molecule has 1 heterocycles. The minimum Gasteiger partial charge on any atom is -0.357 e. The summed E-state index contributed by atoms with van der Waals surface area (Å²) in [6.45, 7) is 4.37. The van der Waals surface area contributed by atoms with Crippen LogP contribution in [0.1, 0.15) is 37.7 Å². The average Bonchev–Trinajstić information content (AvgIpc) is 3.50. The highest BCUT2D eigenvalue weighted by Crippen LogP contribution is 2.51. The molecule has 1 atom stereocenters. The monoisotopic (exact) mass is 536 g/mol. The first-order valence-electron chi connectivity index (χ1n) is 10.3. The number of carbonyl (C=O) groups excluding carboxylic acids is 1. The molecule has 1 saturated carbocycles. The number of hydrogen-bond donors (Lipinski definition) is 3. The fourth-order valence-corrected chi connectivity index (χ4v) is 4.87. The fourth-order valence-electron chi connectivity index (χ4n) is 3.64. The number of rotatable bonds is 7. The summed E-state index contributed by atoms with van der Waals surface area (Å²) in [4.78, 5) is 18.2. The molecule has 3 N–H and O–H groups in total. The van der Waals surface area contributed by atoms with Crippen molar-refractivity contribution in [2.45, 2.75) is 41.7 Å². The maximum Gasteiger partial charge on any atom is 0.225 e. The van der Waals surface area contributed by atoms with Crippen molar-refractivity contribution >= 4 is 53.3 Å². The summed E-state index contributed by atoms with van der Waals surface area (Å²) in [5.74, 6) is 1.06. The number of amides is 1. The number of nitrogens with zero attached hydrogens (tertiary/aromatic N) is 1. The molecule has 5 nitrogen and oxygen atoms in total. The van der Waals surface area contributed by atoms with Gasteiger partial charge in [0.1, 0.15) is 0 Å². The van der Waals surface area contributed by atoms with Gasteiger partial charge in [-0.25, -0.2) is 0 Å². The smallest absolute Gasteiger partial charge is 0.225 e. The minimum absolute atomic E-state index is 0. The number of carbonyl (C=O) groups is 1. The third-order valence-corrected chi connectivity index (χ3v) is 6.86. The van der Waals surface area contributed by atoms with E-state index in [-0.39, 0.29) is 40.5 Å². The molecule has 0 saturated heterocycles. The predicted octanol–water partition coefficient (Wildman–Crippen LogP) is 4.61. The van der Waals surface area contributed by atoms with Crippen molar-refractivity contribution in [3.05, 3.63) is 60.2 Å². The van der Waals surface area contributed by atoms with Crippen LogP contribution < -0.4 is 16.0 Å². The van der Waals surface area contributed by atoms with Gasteiger partial charge in [-0.05, 0) is 43.5 Å². The number of fused-ring (bicyclic) bond motifs is 1. The molecule has 4 rings (SSSR count). The molecule has 1 amide bonds. The highest BCUT2D eigenvalue weighted by molar-refractivity contribution is 14.0. The first-order valence-corrected chi connectivity index (χ1v) is 11.1. The van der Waals surface area contributed by atoms with Gasteiger partial charge in [0, 0.05) is 40.8 Å². The molecular weight excluding hydrogens is 507 g/mol. The second kappa shape index (κ2) is 10.5. The maximum absolute atomic E-state index is 12.1. The molecule has 1 unspecified atom stereocenters. The van der Waals surface area contributed by atoms with Crippen LogP contribution in [0.3, 0.4) is 0 Å². The van der Waals surface area contributed by atoms with Gasteiger partial charge in [-0.3, -0.25) is 9.79 Å². The van der Waals surface area contributed by atoms with Crippen molar-refractivity contribution in [1.29, 1.82) is 0 Å². The number of guanidine groups is 1. The normalized spacial score (nSPS) is 19.2. The Bertz CT molecular complexity index is 886. The average molecular weight is 536 g/mol. The second-order valence-electron chi connectivity index (χ2n) is 7.71. The van der Waals surface area contributed by atoms with E-state index < -0.39 is 0 Å². The van der Waals surface area contributed by atoms with Crippen molar-refractivity contribution in [2.75, 3.05) is 25.0 Å². The van der Waals surface area contributed by atoms with Crippen LogP contribution in [0.5, 0.6) is 0 Å². The molecule has 160 valence electrons. The van der Waals surface area contributed by atoms with Gasteiger partial charge < -0.3 is 16.0 Å². The first kappa shape index (κ1) is 22.9. The summed E-state index contributed by atoms with van der Waals surface area (Å²) in [6.07, 6.45) is 2.90. The van der Waals surface area contributed by atoms with Gasteiger partial charge >= 0.3 is 0 Å². The van der Waals surface area contributed by atoms with Crippen LogP contribution in [0, 0.1) is 0 Å². The van der Waals surface area contributed by atoms with E-state index in [1.807, 2.05) is 30.0 Å². The van der Waals surface area contributed by atoms with Crippen LogP contribution in [0.2, 0.25) is 0 Å². The number of benzene rings is 2.